The molecule has 1 N–H and O–H groups in total. The van der Waals surface area contributed by atoms with Crippen LogP contribution in [0.15, 0.2) is 24.5 Å². The zero-order valence-corrected chi connectivity index (χ0v) is 12.3. The van der Waals surface area contributed by atoms with Crippen LogP contribution in [0.1, 0.15) is 21.1 Å². The van der Waals surface area contributed by atoms with Crippen molar-refractivity contribution < 1.29 is 9.53 Å². The van der Waals surface area contributed by atoms with Crippen LogP contribution in [-0.2, 0) is 11.3 Å². The van der Waals surface area contributed by atoms with Gasteiger partial charge < -0.3 is 9.14 Å². The number of hydrogen-bond donors (Lipinski definition) is 1. The molecule has 0 aliphatic heterocycles. The molecule has 0 aromatic carbocycles. The fourth-order valence-corrected chi connectivity index (χ4v) is 2.61. The zero-order chi connectivity index (χ0) is 14.8. The number of amides is 1. The number of rotatable bonds is 4. The molecule has 0 unspecified atom stereocenters. The molecule has 3 aromatic rings. The molecule has 21 heavy (non-hydrogen) atoms. The Hall–Kier alpha value is -2.32. The van der Waals surface area contributed by atoms with E-state index in [1.807, 2.05) is 17.5 Å². The van der Waals surface area contributed by atoms with E-state index < -0.39 is 0 Å². The average molecular weight is 303 g/mol. The summed E-state index contributed by atoms with van der Waals surface area (Å²) in [5.41, 5.74) is 2.16. The van der Waals surface area contributed by atoms with E-state index in [-0.39, 0.29) is 5.91 Å². The van der Waals surface area contributed by atoms with Crippen molar-refractivity contribution in [3.8, 4) is 0 Å². The molecular formula is C13H13N5O2S. The maximum Gasteiger partial charge on any atom is 0.257 e. The third kappa shape index (κ3) is 2.91. The van der Waals surface area contributed by atoms with E-state index >= 15 is 0 Å². The molecule has 0 bridgehead atoms. The van der Waals surface area contributed by atoms with Gasteiger partial charge in [0.25, 0.3) is 5.91 Å². The molecule has 7 nitrogen and oxygen atoms in total. The number of aryl methyl sites for hydroxylation is 1. The lowest BCUT2D eigenvalue weighted by Crippen LogP contribution is -2.12. The number of pyridine rings is 1. The predicted octanol–water partition coefficient (Wildman–Crippen LogP) is 1.89. The number of fused-ring (bicyclic) bond motifs is 1. The fraction of sp³-hybridized carbons (Fsp3) is 0.231. The van der Waals surface area contributed by atoms with Gasteiger partial charge in [-0.1, -0.05) is 11.3 Å². The Morgan fingerprint density at radius 2 is 2.33 bits per heavy atom. The molecule has 3 aromatic heterocycles. The van der Waals surface area contributed by atoms with Gasteiger partial charge in [-0.2, -0.15) is 0 Å². The van der Waals surface area contributed by atoms with Crippen LogP contribution in [0.3, 0.4) is 0 Å². The molecule has 0 aliphatic rings. The number of nitrogens with zero attached hydrogens (tertiary/aromatic N) is 4. The first-order valence-corrected chi connectivity index (χ1v) is 7.05. The quantitative estimate of drug-likeness (QED) is 0.796. The van der Waals surface area contributed by atoms with Gasteiger partial charge in [-0.05, 0) is 19.1 Å². The minimum absolute atomic E-state index is 0.238. The summed E-state index contributed by atoms with van der Waals surface area (Å²) in [6, 6.07) is 3.47. The lowest BCUT2D eigenvalue weighted by Gasteiger charge is -2.01. The summed E-state index contributed by atoms with van der Waals surface area (Å²) in [6.45, 7) is 2.29. The van der Waals surface area contributed by atoms with E-state index in [2.05, 4.69) is 20.5 Å². The zero-order valence-electron chi connectivity index (χ0n) is 11.5. The molecule has 3 heterocycles. The Bertz CT molecular complexity index is 795. The van der Waals surface area contributed by atoms with Gasteiger partial charge in [0, 0.05) is 25.1 Å². The molecule has 3 rings (SSSR count). The summed E-state index contributed by atoms with van der Waals surface area (Å²) in [4.78, 5) is 16.5. The van der Waals surface area contributed by atoms with Gasteiger partial charge >= 0.3 is 0 Å². The van der Waals surface area contributed by atoms with Crippen LogP contribution >= 0.6 is 11.3 Å². The smallest absolute Gasteiger partial charge is 0.257 e. The van der Waals surface area contributed by atoms with Crippen LogP contribution in [0, 0.1) is 6.92 Å². The molecule has 0 atom stereocenters. The van der Waals surface area contributed by atoms with Gasteiger partial charge in [0.15, 0.2) is 0 Å². The largest absolute Gasteiger partial charge is 0.377 e. The van der Waals surface area contributed by atoms with E-state index in [0.29, 0.717) is 22.3 Å². The number of nitrogens with one attached hydrogen (secondary N) is 1. The summed E-state index contributed by atoms with van der Waals surface area (Å²) in [7, 11) is 1.58. The summed E-state index contributed by atoms with van der Waals surface area (Å²) < 4.78 is 6.83. The van der Waals surface area contributed by atoms with E-state index in [1.54, 1.807) is 25.4 Å². The van der Waals surface area contributed by atoms with Crippen molar-refractivity contribution in [2.24, 2.45) is 0 Å². The summed E-state index contributed by atoms with van der Waals surface area (Å²) in [6.07, 6.45) is 3.71. The molecule has 0 saturated carbocycles. The fourth-order valence-electron chi connectivity index (χ4n) is 1.91. The van der Waals surface area contributed by atoms with Gasteiger partial charge in [0.1, 0.15) is 17.3 Å². The molecule has 0 radical (unpaired) electrons. The Morgan fingerprint density at radius 3 is 3.14 bits per heavy atom. The summed E-state index contributed by atoms with van der Waals surface area (Å²) in [5.74, 6) is -0.238. The number of carbonyl (C=O) groups is 1. The summed E-state index contributed by atoms with van der Waals surface area (Å²) in [5, 5.41) is 11.7. The third-order valence-electron chi connectivity index (χ3n) is 2.80. The van der Waals surface area contributed by atoms with E-state index in [0.717, 1.165) is 11.3 Å². The van der Waals surface area contributed by atoms with Gasteiger partial charge in [-0.15, -0.1) is 10.2 Å². The topological polar surface area (TPSA) is 81.4 Å². The molecule has 0 saturated heterocycles. The van der Waals surface area contributed by atoms with E-state index in [1.165, 1.54) is 11.3 Å². The lowest BCUT2D eigenvalue weighted by molar-refractivity contribution is 0.102. The van der Waals surface area contributed by atoms with Crippen LogP contribution in [0.5, 0.6) is 0 Å². The molecule has 0 aliphatic carbocycles. The Labute approximate surface area is 124 Å². The second-order valence-corrected chi connectivity index (χ2v) is 5.51. The van der Waals surface area contributed by atoms with Crippen molar-refractivity contribution in [3.63, 3.8) is 0 Å². The second-order valence-electron chi connectivity index (χ2n) is 4.45. The highest BCUT2D eigenvalue weighted by Gasteiger charge is 2.11. The normalized spacial score (nSPS) is 11.0. The number of anilines is 1. The highest BCUT2D eigenvalue weighted by atomic mass is 32.1. The average Bonchev–Trinajstić information content (AvgIpc) is 3.03. The minimum atomic E-state index is -0.238. The van der Waals surface area contributed by atoms with Crippen molar-refractivity contribution in [2.75, 3.05) is 12.4 Å². The lowest BCUT2D eigenvalue weighted by atomic mass is 10.2. The first-order chi connectivity index (χ1) is 10.2. The van der Waals surface area contributed by atoms with E-state index in [9.17, 15) is 4.79 Å². The van der Waals surface area contributed by atoms with Gasteiger partial charge in [0.05, 0.1) is 5.69 Å². The predicted molar refractivity (Wildman–Crippen MR) is 78.5 cm³/mol. The number of ether oxygens (including phenoxy) is 1. The molecule has 1 amide bonds. The van der Waals surface area contributed by atoms with Crippen LogP contribution < -0.4 is 5.32 Å². The Kier molecular flexibility index (Phi) is 3.63. The van der Waals surface area contributed by atoms with Crippen molar-refractivity contribution in [1.29, 1.82) is 0 Å². The van der Waals surface area contributed by atoms with Crippen LogP contribution in [-0.4, -0.2) is 32.6 Å². The second kappa shape index (κ2) is 5.58. The highest BCUT2D eigenvalue weighted by Crippen LogP contribution is 2.17. The maximum absolute atomic E-state index is 12.2. The van der Waals surface area contributed by atoms with E-state index in [4.69, 9.17) is 4.74 Å². The standard InChI is InChI=1S/C13H13N5O2S/c1-8-6-18-4-3-9(5-10(18)14-8)12(19)15-13-17-16-11(21-13)7-20-2/h3-6H,7H2,1-2H3,(H,15,17,19). The number of methoxy groups -OCH3 is 1. The van der Waals surface area contributed by atoms with Crippen molar-refractivity contribution in [1.82, 2.24) is 19.6 Å². The number of imidazole rings is 1. The van der Waals surface area contributed by atoms with Crippen molar-refractivity contribution in [2.45, 2.75) is 13.5 Å². The number of carbonyl (C=O) groups excluding carboxylic acids is 1. The first kappa shape index (κ1) is 13.7. The molecule has 108 valence electrons. The number of hydrogen-bond acceptors (Lipinski definition) is 6. The number of aromatic nitrogens is 4. The molecule has 0 fully saturated rings. The third-order valence-corrected chi connectivity index (χ3v) is 3.61. The first-order valence-electron chi connectivity index (χ1n) is 6.24. The van der Waals surface area contributed by atoms with Gasteiger partial charge in [0.2, 0.25) is 5.13 Å². The summed E-state index contributed by atoms with van der Waals surface area (Å²) >= 11 is 1.29. The maximum atomic E-state index is 12.2. The highest BCUT2D eigenvalue weighted by molar-refractivity contribution is 7.15. The van der Waals surface area contributed by atoms with Crippen LogP contribution in [0.4, 0.5) is 5.13 Å². The van der Waals surface area contributed by atoms with Gasteiger partial charge in [-0.25, -0.2) is 4.98 Å². The molecule has 0 spiro atoms. The Morgan fingerprint density at radius 1 is 1.48 bits per heavy atom. The van der Waals surface area contributed by atoms with Gasteiger partial charge in [-0.3, -0.25) is 10.1 Å². The SMILES string of the molecule is COCc1nnc(NC(=O)c2ccn3cc(C)nc3c2)s1. The van der Waals surface area contributed by atoms with Crippen molar-refractivity contribution in [3.05, 3.63) is 40.8 Å². The van der Waals surface area contributed by atoms with Crippen LogP contribution in [0.25, 0.3) is 5.65 Å². The molecular weight excluding hydrogens is 290 g/mol. The van der Waals surface area contributed by atoms with Crippen molar-refractivity contribution >= 4 is 28.0 Å². The molecule has 8 heteroatoms. The minimum Gasteiger partial charge on any atom is -0.377 e. The Balaban J connectivity index is 1.79. The van der Waals surface area contributed by atoms with Crippen LogP contribution in [0.2, 0.25) is 0 Å². The monoisotopic (exact) mass is 303 g/mol.